The van der Waals surface area contributed by atoms with Gasteiger partial charge < -0.3 is 10.6 Å². The lowest BCUT2D eigenvalue weighted by Crippen LogP contribution is -2.44. The summed E-state index contributed by atoms with van der Waals surface area (Å²) in [6.07, 6.45) is 0. The van der Waals surface area contributed by atoms with Gasteiger partial charge in [-0.25, -0.2) is 4.98 Å². The van der Waals surface area contributed by atoms with Crippen LogP contribution in [-0.2, 0) is 11.3 Å². The van der Waals surface area contributed by atoms with Gasteiger partial charge in [0.1, 0.15) is 11.0 Å². The first kappa shape index (κ1) is 20.2. The molecule has 0 bridgehead atoms. The van der Waals surface area contributed by atoms with Crippen LogP contribution >= 0.6 is 11.3 Å². The summed E-state index contributed by atoms with van der Waals surface area (Å²) in [5.41, 5.74) is 1.77. The Kier molecular flexibility index (Phi) is 6.30. The van der Waals surface area contributed by atoms with Crippen LogP contribution in [0.25, 0.3) is 11.3 Å². The molecule has 0 saturated carbocycles. The predicted octanol–water partition coefficient (Wildman–Crippen LogP) is 3.15. The van der Waals surface area contributed by atoms with E-state index in [0.717, 1.165) is 16.3 Å². The van der Waals surface area contributed by atoms with E-state index in [2.05, 4.69) is 15.6 Å². The monoisotopic (exact) mass is 410 g/mol. The third-order valence-corrected chi connectivity index (χ3v) is 4.94. The maximum absolute atomic E-state index is 12.3. The lowest BCUT2D eigenvalue weighted by Gasteiger charge is -2.13. The molecule has 2 aromatic carbocycles. The highest BCUT2D eigenvalue weighted by Gasteiger charge is 2.18. The van der Waals surface area contributed by atoms with E-state index >= 15 is 0 Å². The summed E-state index contributed by atoms with van der Waals surface area (Å²) in [7, 11) is 0. The van der Waals surface area contributed by atoms with Crippen molar-refractivity contribution in [2.24, 2.45) is 0 Å². The third-order valence-electron chi connectivity index (χ3n) is 4.10. The molecule has 0 spiro atoms. The number of rotatable bonds is 7. The second kappa shape index (κ2) is 9.07. The number of hydrogen-bond acceptors (Lipinski definition) is 6. The third kappa shape index (κ3) is 5.23. The number of aromatic nitrogens is 1. The smallest absolute Gasteiger partial charge is 0.270 e. The standard InChI is InChI=1S/C20H18N4O4S/c1-13(22-20(26)15-8-5-9-16(10-15)24(27)28)19(25)21-11-18-23-17(12-29-18)14-6-3-2-4-7-14/h2-10,12-13H,11H2,1H3,(H,21,25)(H,22,26). The number of carbonyl (C=O) groups excluding carboxylic acids is 2. The molecule has 1 aromatic heterocycles. The van der Waals surface area contributed by atoms with Crippen molar-refractivity contribution in [2.75, 3.05) is 0 Å². The normalized spacial score (nSPS) is 11.5. The summed E-state index contributed by atoms with van der Waals surface area (Å²) >= 11 is 1.44. The van der Waals surface area contributed by atoms with Crippen molar-refractivity contribution in [2.45, 2.75) is 19.5 Å². The van der Waals surface area contributed by atoms with E-state index in [-0.39, 0.29) is 23.7 Å². The first-order valence-electron chi connectivity index (χ1n) is 8.77. The fraction of sp³-hybridized carbons (Fsp3) is 0.150. The highest BCUT2D eigenvalue weighted by atomic mass is 32.1. The molecular weight excluding hydrogens is 392 g/mol. The summed E-state index contributed by atoms with van der Waals surface area (Å²) in [4.78, 5) is 39.3. The Morgan fingerprint density at radius 2 is 1.93 bits per heavy atom. The molecular formula is C20H18N4O4S. The van der Waals surface area contributed by atoms with E-state index in [0.29, 0.717) is 0 Å². The molecule has 0 fully saturated rings. The van der Waals surface area contributed by atoms with Crippen LogP contribution in [0.4, 0.5) is 5.69 Å². The molecule has 3 aromatic rings. The minimum atomic E-state index is -0.810. The van der Waals surface area contributed by atoms with Gasteiger partial charge in [-0.1, -0.05) is 36.4 Å². The maximum atomic E-state index is 12.3. The van der Waals surface area contributed by atoms with E-state index in [9.17, 15) is 19.7 Å². The SMILES string of the molecule is CC(NC(=O)c1cccc([N+](=O)[O-])c1)C(=O)NCc1nc(-c2ccccc2)cs1. The number of non-ortho nitro benzene ring substituents is 1. The van der Waals surface area contributed by atoms with Crippen LogP contribution in [-0.4, -0.2) is 27.8 Å². The number of hydrogen-bond donors (Lipinski definition) is 2. The Labute approximate surface area is 170 Å². The second-order valence-electron chi connectivity index (χ2n) is 6.21. The van der Waals surface area contributed by atoms with Gasteiger partial charge in [0.2, 0.25) is 5.91 Å². The van der Waals surface area contributed by atoms with Gasteiger partial charge in [-0.3, -0.25) is 19.7 Å². The van der Waals surface area contributed by atoms with Gasteiger partial charge in [-0.2, -0.15) is 0 Å². The van der Waals surface area contributed by atoms with Gasteiger partial charge in [-0.15, -0.1) is 11.3 Å². The number of nitro groups is 1. The molecule has 0 aliphatic rings. The summed E-state index contributed by atoms with van der Waals surface area (Å²) < 4.78 is 0. The highest BCUT2D eigenvalue weighted by molar-refractivity contribution is 7.09. The Balaban J connectivity index is 1.54. The van der Waals surface area contributed by atoms with Crippen LogP contribution in [0.3, 0.4) is 0 Å². The van der Waals surface area contributed by atoms with Crippen molar-refractivity contribution in [3.05, 3.63) is 80.7 Å². The van der Waals surface area contributed by atoms with Crippen LogP contribution < -0.4 is 10.6 Å². The largest absolute Gasteiger partial charge is 0.348 e. The Morgan fingerprint density at radius 1 is 1.17 bits per heavy atom. The molecule has 2 amide bonds. The first-order valence-corrected chi connectivity index (χ1v) is 9.65. The van der Waals surface area contributed by atoms with Gasteiger partial charge in [0.25, 0.3) is 11.6 Å². The molecule has 0 aliphatic carbocycles. The van der Waals surface area contributed by atoms with Crippen LogP contribution in [0.15, 0.2) is 60.0 Å². The van der Waals surface area contributed by atoms with Crippen molar-refractivity contribution < 1.29 is 14.5 Å². The van der Waals surface area contributed by atoms with Crippen LogP contribution in [0.5, 0.6) is 0 Å². The molecule has 2 N–H and O–H groups in total. The first-order chi connectivity index (χ1) is 13.9. The van der Waals surface area contributed by atoms with Crippen LogP contribution in [0.2, 0.25) is 0 Å². The average molecular weight is 410 g/mol. The molecule has 1 atom stereocenters. The van der Waals surface area contributed by atoms with Gasteiger partial charge in [-0.05, 0) is 13.0 Å². The van der Waals surface area contributed by atoms with Crippen molar-refractivity contribution >= 4 is 28.8 Å². The second-order valence-corrected chi connectivity index (χ2v) is 7.16. The Morgan fingerprint density at radius 3 is 2.66 bits per heavy atom. The minimum absolute atomic E-state index is 0.117. The zero-order chi connectivity index (χ0) is 20.8. The average Bonchev–Trinajstić information content (AvgIpc) is 3.21. The molecule has 29 heavy (non-hydrogen) atoms. The van der Waals surface area contributed by atoms with Gasteiger partial charge >= 0.3 is 0 Å². The minimum Gasteiger partial charge on any atom is -0.348 e. The molecule has 148 valence electrons. The topological polar surface area (TPSA) is 114 Å². The molecule has 3 rings (SSSR count). The molecule has 9 heteroatoms. The van der Waals surface area contributed by atoms with Crippen molar-refractivity contribution in [3.8, 4) is 11.3 Å². The summed E-state index contributed by atoms with van der Waals surface area (Å²) in [5, 5.41) is 18.8. The van der Waals surface area contributed by atoms with Gasteiger partial charge in [0.15, 0.2) is 0 Å². The number of benzene rings is 2. The van der Waals surface area contributed by atoms with Crippen molar-refractivity contribution in [1.82, 2.24) is 15.6 Å². The molecule has 0 radical (unpaired) electrons. The van der Waals surface area contributed by atoms with E-state index in [1.807, 2.05) is 35.7 Å². The van der Waals surface area contributed by atoms with Gasteiger partial charge in [0, 0.05) is 28.6 Å². The number of nitrogens with zero attached hydrogens (tertiary/aromatic N) is 2. The predicted molar refractivity (Wildman–Crippen MR) is 109 cm³/mol. The summed E-state index contributed by atoms with van der Waals surface area (Å²) in [6, 6.07) is 14.2. The zero-order valence-corrected chi connectivity index (χ0v) is 16.3. The lowest BCUT2D eigenvalue weighted by atomic mass is 10.1. The van der Waals surface area contributed by atoms with E-state index in [4.69, 9.17) is 0 Å². The lowest BCUT2D eigenvalue weighted by molar-refractivity contribution is -0.384. The Bertz CT molecular complexity index is 1040. The van der Waals surface area contributed by atoms with Crippen molar-refractivity contribution in [1.29, 1.82) is 0 Å². The van der Waals surface area contributed by atoms with Crippen LogP contribution in [0, 0.1) is 10.1 Å². The summed E-state index contributed by atoms with van der Waals surface area (Å²) in [6.45, 7) is 1.79. The maximum Gasteiger partial charge on any atom is 0.270 e. The molecule has 0 aliphatic heterocycles. The fourth-order valence-electron chi connectivity index (χ4n) is 2.56. The molecule has 0 saturated heterocycles. The van der Waals surface area contributed by atoms with Gasteiger partial charge in [0.05, 0.1) is 17.2 Å². The van der Waals surface area contributed by atoms with Crippen molar-refractivity contribution in [3.63, 3.8) is 0 Å². The fourth-order valence-corrected chi connectivity index (χ4v) is 3.30. The number of carbonyl (C=O) groups is 2. The number of thiazole rings is 1. The van der Waals surface area contributed by atoms with E-state index in [1.54, 1.807) is 6.92 Å². The van der Waals surface area contributed by atoms with Crippen LogP contribution in [0.1, 0.15) is 22.3 Å². The number of amides is 2. The zero-order valence-electron chi connectivity index (χ0n) is 15.5. The molecule has 8 nitrogen and oxygen atoms in total. The summed E-state index contributed by atoms with van der Waals surface area (Å²) in [5.74, 6) is -0.933. The Hall–Kier alpha value is -3.59. The van der Waals surface area contributed by atoms with E-state index < -0.39 is 16.9 Å². The number of nitro benzene ring substituents is 1. The molecule has 1 heterocycles. The number of nitrogens with one attached hydrogen (secondary N) is 2. The van der Waals surface area contributed by atoms with E-state index in [1.165, 1.54) is 35.6 Å². The molecule has 1 unspecified atom stereocenters. The quantitative estimate of drug-likeness (QED) is 0.459. The highest BCUT2D eigenvalue weighted by Crippen LogP contribution is 2.21.